The number of ether oxygens (including phenoxy) is 1. The first kappa shape index (κ1) is 14.3. The summed E-state index contributed by atoms with van der Waals surface area (Å²) in [5, 5.41) is 4.39. The zero-order chi connectivity index (χ0) is 14.5. The lowest BCUT2D eigenvalue weighted by atomic mass is 10.1. The Balaban J connectivity index is 2.40. The fourth-order valence-corrected chi connectivity index (χ4v) is 2.05. The molecule has 1 heterocycles. The third-order valence-electron chi connectivity index (χ3n) is 2.87. The molecule has 0 saturated carbocycles. The summed E-state index contributed by atoms with van der Waals surface area (Å²) in [7, 11) is 0. The molecule has 2 rings (SSSR count). The molecule has 0 saturated heterocycles. The van der Waals surface area contributed by atoms with E-state index < -0.39 is 0 Å². The number of hydrogen-bond acceptors (Lipinski definition) is 3. The van der Waals surface area contributed by atoms with Gasteiger partial charge in [0.2, 0.25) is 0 Å². The van der Waals surface area contributed by atoms with E-state index >= 15 is 0 Å². The summed E-state index contributed by atoms with van der Waals surface area (Å²) in [6, 6.07) is 11.8. The van der Waals surface area contributed by atoms with Crippen molar-refractivity contribution in [2.75, 3.05) is 6.61 Å². The van der Waals surface area contributed by atoms with E-state index in [1.165, 1.54) is 0 Å². The molecular formula is C16H20N2O2. The van der Waals surface area contributed by atoms with Gasteiger partial charge in [0.15, 0.2) is 5.69 Å². The number of carbonyl (C=O) groups excluding carboxylic acids is 1. The van der Waals surface area contributed by atoms with Gasteiger partial charge in [-0.15, -0.1) is 0 Å². The van der Waals surface area contributed by atoms with Crippen molar-refractivity contribution in [2.45, 2.75) is 27.3 Å². The predicted octanol–water partition coefficient (Wildman–Crippen LogP) is 3.38. The molecule has 0 aliphatic heterocycles. The van der Waals surface area contributed by atoms with Crippen molar-refractivity contribution in [2.24, 2.45) is 5.92 Å². The van der Waals surface area contributed by atoms with Gasteiger partial charge in [-0.1, -0.05) is 44.2 Å². The van der Waals surface area contributed by atoms with Gasteiger partial charge >= 0.3 is 5.97 Å². The van der Waals surface area contributed by atoms with Crippen molar-refractivity contribution in [3.8, 4) is 11.3 Å². The van der Waals surface area contributed by atoms with Crippen LogP contribution in [-0.2, 0) is 11.3 Å². The normalized spacial score (nSPS) is 10.8. The lowest BCUT2D eigenvalue weighted by Crippen LogP contribution is -2.10. The molecule has 20 heavy (non-hydrogen) atoms. The molecule has 0 fully saturated rings. The minimum atomic E-state index is -0.368. The Morgan fingerprint density at radius 2 is 2.00 bits per heavy atom. The largest absolute Gasteiger partial charge is 0.461 e. The Hall–Kier alpha value is -2.10. The molecule has 0 aliphatic rings. The highest BCUT2D eigenvalue weighted by atomic mass is 16.5. The fraction of sp³-hybridized carbons (Fsp3) is 0.375. The van der Waals surface area contributed by atoms with E-state index in [9.17, 15) is 4.79 Å². The maximum absolute atomic E-state index is 11.8. The average Bonchev–Trinajstić information content (AvgIpc) is 2.83. The number of rotatable bonds is 5. The van der Waals surface area contributed by atoms with Crippen LogP contribution >= 0.6 is 0 Å². The molecule has 2 aromatic rings. The number of nitrogens with zero attached hydrogens (tertiary/aromatic N) is 2. The van der Waals surface area contributed by atoms with Crippen LogP contribution < -0.4 is 0 Å². The Kier molecular flexibility index (Phi) is 4.56. The summed E-state index contributed by atoms with van der Waals surface area (Å²) < 4.78 is 6.90. The number of aromatic nitrogens is 2. The van der Waals surface area contributed by atoms with Crippen LogP contribution in [0.2, 0.25) is 0 Å². The second-order valence-corrected chi connectivity index (χ2v) is 5.08. The third-order valence-corrected chi connectivity index (χ3v) is 2.87. The fourth-order valence-electron chi connectivity index (χ4n) is 2.05. The molecule has 0 bridgehead atoms. The first-order valence-electron chi connectivity index (χ1n) is 6.92. The standard InChI is InChI=1S/C16H20N2O2/c1-4-20-16(19)14-10-15(13-8-6-5-7-9-13)18(17-14)11-12(2)3/h5-10,12H,4,11H2,1-3H3. The second kappa shape index (κ2) is 6.37. The van der Waals surface area contributed by atoms with Crippen LogP contribution in [0.3, 0.4) is 0 Å². The van der Waals surface area contributed by atoms with E-state index in [-0.39, 0.29) is 5.97 Å². The molecule has 0 spiro atoms. The Bertz CT molecular complexity index is 573. The zero-order valence-electron chi connectivity index (χ0n) is 12.2. The van der Waals surface area contributed by atoms with Gasteiger partial charge in [0.25, 0.3) is 0 Å². The summed E-state index contributed by atoms with van der Waals surface area (Å²) in [5.41, 5.74) is 2.37. The Morgan fingerprint density at radius 3 is 2.60 bits per heavy atom. The minimum Gasteiger partial charge on any atom is -0.461 e. The molecule has 0 N–H and O–H groups in total. The average molecular weight is 272 g/mol. The maximum atomic E-state index is 11.8. The highest BCUT2D eigenvalue weighted by molar-refractivity contribution is 5.88. The molecular weight excluding hydrogens is 252 g/mol. The number of carbonyl (C=O) groups is 1. The molecule has 106 valence electrons. The van der Waals surface area contributed by atoms with Crippen LogP contribution in [0.5, 0.6) is 0 Å². The van der Waals surface area contributed by atoms with E-state index in [2.05, 4.69) is 18.9 Å². The summed E-state index contributed by atoms with van der Waals surface area (Å²) in [6.07, 6.45) is 0. The number of benzene rings is 1. The van der Waals surface area contributed by atoms with Crippen molar-refractivity contribution in [3.63, 3.8) is 0 Å². The van der Waals surface area contributed by atoms with Crippen LogP contribution in [0, 0.1) is 5.92 Å². The number of hydrogen-bond donors (Lipinski definition) is 0. The quantitative estimate of drug-likeness (QED) is 0.784. The molecule has 1 aromatic heterocycles. The van der Waals surface area contributed by atoms with Crippen LogP contribution in [0.4, 0.5) is 0 Å². The maximum Gasteiger partial charge on any atom is 0.358 e. The Labute approximate surface area is 119 Å². The molecule has 4 nitrogen and oxygen atoms in total. The van der Waals surface area contributed by atoms with E-state index in [4.69, 9.17) is 4.74 Å². The van der Waals surface area contributed by atoms with E-state index in [1.54, 1.807) is 13.0 Å². The third kappa shape index (κ3) is 3.26. The van der Waals surface area contributed by atoms with Crippen molar-refractivity contribution >= 4 is 5.97 Å². The monoisotopic (exact) mass is 272 g/mol. The number of esters is 1. The summed E-state index contributed by atoms with van der Waals surface area (Å²) >= 11 is 0. The van der Waals surface area contributed by atoms with Crippen LogP contribution in [0.25, 0.3) is 11.3 Å². The minimum absolute atomic E-state index is 0.358. The highest BCUT2D eigenvalue weighted by Crippen LogP contribution is 2.21. The van der Waals surface area contributed by atoms with Crippen LogP contribution in [-0.4, -0.2) is 22.4 Å². The van der Waals surface area contributed by atoms with Gasteiger partial charge in [0, 0.05) is 6.54 Å². The zero-order valence-corrected chi connectivity index (χ0v) is 12.2. The molecule has 0 radical (unpaired) electrons. The van der Waals surface area contributed by atoms with E-state index in [0.29, 0.717) is 18.2 Å². The van der Waals surface area contributed by atoms with Gasteiger partial charge in [-0.3, -0.25) is 4.68 Å². The summed E-state index contributed by atoms with van der Waals surface area (Å²) in [4.78, 5) is 11.8. The molecule has 0 unspecified atom stereocenters. The van der Waals surface area contributed by atoms with Gasteiger partial charge < -0.3 is 4.74 Å². The van der Waals surface area contributed by atoms with Gasteiger partial charge in [-0.05, 0) is 24.5 Å². The lowest BCUT2D eigenvalue weighted by molar-refractivity contribution is 0.0518. The van der Waals surface area contributed by atoms with Gasteiger partial charge in [0.05, 0.1) is 12.3 Å². The van der Waals surface area contributed by atoms with Crippen molar-refractivity contribution < 1.29 is 9.53 Å². The van der Waals surface area contributed by atoms with Crippen molar-refractivity contribution in [3.05, 3.63) is 42.1 Å². The topological polar surface area (TPSA) is 44.1 Å². The Morgan fingerprint density at radius 1 is 1.30 bits per heavy atom. The van der Waals surface area contributed by atoms with Crippen molar-refractivity contribution in [1.29, 1.82) is 0 Å². The SMILES string of the molecule is CCOC(=O)c1cc(-c2ccccc2)n(CC(C)C)n1. The van der Waals surface area contributed by atoms with Crippen LogP contribution in [0.1, 0.15) is 31.3 Å². The molecule has 1 aromatic carbocycles. The molecule has 0 amide bonds. The van der Waals surface area contributed by atoms with Gasteiger partial charge in [-0.25, -0.2) is 4.79 Å². The van der Waals surface area contributed by atoms with Crippen molar-refractivity contribution in [1.82, 2.24) is 9.78 Å². The highest BCUT2D eigenvalue weighted by Gasteiger charge is 2.16. The smallest absolute Gasteiger partial charge is 0.358 e. The summed E-state index contributed by atoms with van der Waals surface area (Å²) in [6.45, 7) is 7.17. The van der Waals surface area contributed by atoms with Crippen LogP contribution in [0.15, 0.2) is 36.4 Å². The first-order chi connectivity index (χ1) is 9.61. The predicted molar refractivity (Wildman–Crippen MR) is 78.5 cm³/mol. The molecule has 4 heteroatoms. The van der Waals surface area contributed by atoms with E-state index in [0.717, 1.165) is 17.8 Å². The summed E-state index contributed by atoms with van der Waals surface area (Å²) in [5.74, 6) is 0.0830. The molecule has 0 atom stereocenters. The first-order valence-corrected chi connectivity index (χ1v) is 6.92. The van der Waals surface area contributed by atoms with Gasteiger partial charge in [0.1, 0.15) is 0 Å². The second-order valence-electron chi connectivity index (χ2n) is 5.08. The lowest BCUT2D eigenvalue weighted by Gasteiger charge is -2.09. The van der Waals surface area contributed by atoms with Gasteiger partial charge in [-0.2, -0.15) is 5.10 Å². The van der Waals surface area contributed by atoms with E-state index in [1.807, 2.05) is 35.0 Å². The molecule has 0 aliphatic carbocycles.